The molecule has 1 atom stereocenters. The number of rotatable bonds is 9. The van der Waals surface area contributed by atoms with Gasteiger partial charge in [0, 0.05) is 19.1 Å². The summed E-state index contributed by atoms with van der Waals surface area (Å²) in [5.74, 6) is 0.730. The van der Waals surface area contributed by atoms with E-state index in [1.165, 1.54) is 18.4 Å². The van der Waals surface area contributed by atoms with Crippen LogP contribution in [0.2, 0.25) is 0 Å². The van der Waals surface area contributed by atoms with E-state index in [2.05, 4.69) is 51.5 Å². The highest BCUT2D eigenvalue weighted by Gasteiger charge is 2.13. The molecule has 0 aliphatic carbocycles. The minimum atomic E-state index is 0.639. The van der Waals surface area contributed by atoms with Crippen LogP contribution in [-0.2, 0) is 0 Å². The van der Waals surface area contributed by atoms with Gasteiger partial charge in [0.05, 0.1) is 0 Å². The molecule has 0 spiro atoms. The minimum absolute atomic E-state index is 0.639. The molecule has 0 saturated heterocycles. The van der Waals surface area contributed by atoms with Crippen LogP contribution >= 0.6 is 0 Å². The van der Waals surface area contributed by atoms with Crippen molar-refractivity contribution < 1.29 is 0 Å². The van der Waals surface area contributed by atoms with E-state index in [1.54, 1.807) is 0 Å². The monoisotopic (exact) mass is 226 g/mol. The van der Waals surface area contributed by atoms with E-state index in [1.807, 2.05) is 0 Å². The summed E-state index contributed by atoms with van der Waals surface area (Å²) in [6.07, 6.45) is 2.50. The van der Waals surface area contributed by atoms with Crippen LogP contribution in [0.25, 0.3) is 0 Å². The van der Waals surface area contributed by atoms with Gasteiger partial charge < -0.3 is 5.32 Å². The molecule has 0 radical (unpaired) electrons. The lowest BCUT2D eigenvalue weighted by Gasteiger charge is -2.28. The van der Waals surface area contributed by atoms with Crippen LogP contribution in [0.5, 0.6) is 0 Å². The van der Waals surface area contributed by atoms with Crippen molar-refractivity contribution >= 4 is 0 Å². The topological polar surface area (TPSA) is 15.3 Å². The Hall–Kier alpha value is -0.340. The SMILES string of the molecule is C=C(C)CN(C)C(CCC)CNCC(C)C. The van der Waals surface area contributed by atoms with Crippen molar-refractivity contribution in [2.45, 2.75) is 46.6 Å². The highest BCUT2D eigenvalue weighted by molar-refractivity contribution is 4.92. The first-order valence-corrected chi connectivity index (χ1v) is 6.52. The van der Waals surface area contributed by atoms with Crippen LogP contribution in [0, 0.1) is 5.92 Å². The summed E-state index contributed by atoms with van der Waals surface area (Å²) in [4.78, 5) is 2.42. The second kappa shape index (κ2) is 8.77. The van der Waals surface area contributed by atoms with Crippen LogP contribution < -0.4 is 5.32 Å². The molecule has 0 fully saturated rings. The molecule has 0 aromatic heterocycles. The Kier molecular flexibility index (Phi) is 8.58. The van der Waals surface area contributed by atoms with Crippen LogP contribution in [0.1, 0.15) is 40.5 Å². The van der Waals surface area contributed by atoms with Gasteiger partial charge in [0.15, 0.2) is 0 Å². The fraction of sp³-hybridized carbons (Fsp3) is 0.857. The predicted octanol–water partition coefficient (Wildman–Crippen LogP) is 2.91. The molecule has 16 heavy (non-hydrogen) atoms. The van der Waals surface area contributed by atoms with Crippen molar-refractivity contribution in [2.24, 2.45) is 5.92 Å². The average molecular weight is 226 g/mol. The van der Waals surface area contributed by atoms with Crippen LogP contribution in [0.15, 0.2) is 12.2 Å². The Balaban J connectivity index is 3.99. The van der Waals surface area contributed by atoms with Gasteiger partial charge in [-0.2, -0.15) is 0 Å². The minimum Gasteiger partial charge on any atom is -0.315 e. The largest absolute Gasteiger partial charge is 0.315 e. The highest BCUT2D eigenvalue weighted by atomic mass is 15.1. The zero-order valence-corrected chi connectivity index (χ0v) is 11.8. The molecule has 2 heteroatoms. The van der Waals surface area contributed by atoms with Gasteiger partial charge in [0.25, 0.3) is 0 Å². The second-order valence-electron chi connectivity index (χ2n) is 5.37. The normalized spacial score (nSPS) is 13.4. The zero-order chi connectivity index (χ0) is 12.6. The Morgan fingerprint density at radius 3 is 2.38 bits per heavy atom. The van der Waals surface area contributed by atoms with Crippen molar-refractivity contribution in [2.75, 3.05) is 26.7 Å². The van der Waals surface area contributed by atoms with E-state index in [9.17, 15) is 0 Å². The van der Waals surface area contributed by atoms with Gasteiger partial charge in [-0.3, -0.25) is 4.90 Å². The third kappa shape index (κ3) is 7.89. The maximum absolute atomic E-state index is 3.98. The third-order valence-electron chi connectivity index (χ3n) is 2.70. The van der Waals surface area contributed by atoms with Gasteiger partial charge in [-0.15, -0.1) is 0 Å². The standard InChI is InChI=1S/C14H30N2/c1-7-8-14(10-15-9-12(2)3)16(6)11-13(4)5/h12,14-15H,4,7-11H2,1-3,5-6H3. The maximum atomic E-state index is 3.98. The van der Waals surface area contributed by atoms with Crippen LogP contribution in [0.4, 0.5) is 0 Å². The van der Waals surface area contributed by atoms with Crippen molar-refractivity contribution in [1.29, 1.82) is 0 Å². The Bertz CT molecular complexity index is 187. The lowest BCUT2D eigenvalue weighted by atomic mass is 10.1. The summed E-state index contributed by atoms with van der Waals surface area (Å²) >= 11 is 0. The zero-order valence-electron chi connectivity index (χ0n) is 11.8. The molecule has 0 aromatic carbocycles. The summed E-state index contributed by atoms with van der Waals surface area (Å²) < 4.78 is 0. The molecule has 1 unspecified atom stereocenters. The van der Waals surface area contributed by atoms with E-state index in [4.69, 9.17) is 0 Å². The molecular formula is C14H30N2. The number of nitrogens with one attached hydrogen (secondary N) is 1. The van der Waals surface area contributed by atoms with E-state index in [-0.39, 0.29) is 0 Å². The van der Waals surface area contributed by atoms with Crippen molar-refractivity contribution in [3.8, 4) is 0 Å². The number of hydrogen-bond donors (Lipinski definition) is 1. The maximum Gasteiger partial charge on any atom is 0.0220 e. The van der Waals surface area contributed by atoms with Gasteiger partial charge in [-0.1, -0.05) is 39.3 Å². The average Bonchev–Trinajstić information content (AvgIpc) is 2.14. The van der Waals surface area contributed by atoms with E-state index >= 15 is 0 Å². The van der Waals surface area contributed by atoms with Gasteiger partial charge >= 0.3 is 0 Å². The van der Waals surface area contributed by atoms with E-state index in [0.717, 1.165) is 25.6 Å². The van der Waals surface area contributed by atoms with Gasteiger partial charge in [0.1, 0.15) is 0 Å². The van der Waals surface area contributed by atoms with Gasteiger partial charge in [-0.05, 0) is 32.9 Å². The quantitative estimate of drug-likeness (QED) is 0.608. The molecule has 2 nitrogen and oxygen atoms in total. The third-order valence-corrected chi connectivity index (χ3v) is 2.70. The summed E-state index contributed by atoms with van der Waals surface area (Å²) in [5, 5.41) is 3.55. The van der Waals surface area contributed by atoms with Crippen LogP contribution in [0.3, 0.4) is 0 Å². The predicted molar refractivity (Wildman–Crippen MR) is 73.8 cm³/mol. The molecule has 0 saturated carbocycles. The van der Waals surface area contributed by atoms with E-state index < -0.39 is 0 Å². The van der Waals surface area contributed by atoms with Gasteiger partial charge in [-0.25, -0.2) is 0 Å². The first-order valence-electron chi connectivity index (χ1n) is 6.52. The Labute approximate surface area is 102 Å². The smallest absolute Gasteiger partial charge is 0.0220 e. The highest BCUT2D eigenvalue weighted by Crippen LogP contribution is 2.06. The van der Waals surface area contributed by atoms with E-state index in [0.29, 0.717) is 6.04 Å². The molecule has 0 bridgehead atoms. The Morgan fingerprint density at radius 1 is 1.31 bits per heavy atom. The molecular weight excluding hydrogens is 196 g/mol. The molecule has 0 aliphatic heterocycles. The van der Waals surface area contributed by atoms with Crippen molar-refractivity contribution in [3.63, 3.8) is 0 Å². The summed E-state index contributed by atoms with van der Waals surface area (Å²) in [7, 11) is 2.20. The molecule has 0 aliphatic rings. The van der Waals surface area contributed by atoms with Crippen molar-refractivity contribution in [1.82, 2.24) is 10.2 Å². The fourth-order valence-corrected chi connectivity index (χ4v) is 1.90. The first-order chi connectivity index (χ1) is 7.47. The molecule has 96 valence electrons. The number of hydrogen-bond acceptors (Lipinski definition) is 2. The number of nitrogens with zero attached hydrogens (tertiary/aromatic N) is 1. The first kappa shape index (κ1) is 15.7. The lowest BCUT2D eigenvalue weighted by Crippen LogP contribution is -2.41. The lowest BCUT2D eigenvalue weighted by molar-refractivity contribution is 0.237. The number of likely N-dealkylation sites (N-methyl/N-ethyl adjacent to an activating group) is 1. The fourth-order valence-electron chi connectivity index (χ4n) is 1.90. The van der Waals surface area contributed by atoms with Gasteiger partial charge in [0.2, 0.25) is 0 Å². The second-order valence-corrected chi connectivity index (χ2v) is 5.37. The molecule has 0 amide bonds. The molecule has 0 heterocycles. The van der Waals surface area contributed by atoms with Crippen molar-refractivity contribution in [3.05, 3.63) is 12.2 Å². The molecule has 0 aromatic rings. The Morgan fingerprint density at radius 2 is 1.94 bits per heavy atom. The summed E-state index contributed by atoms with van der Waals surface area (Å²) in [5.41, 5.74) is 1.24. The van der Waals surface area contributed by atoms with Crippen LogP contribution in [-0.4, -0.2) is 37.6 Å². The summed E-state index contributed by atoms with van der Waals surface area (Å²) in [6, 6.07) is 0.639. The molecule has 1 N–H and O–H groups in total. The summed E-state index contributed by atoms with van der Waals surface area (Å²) in [6.45, 7) is 16.0. The molecule has 0 rings (SSSR count).